The fourth-order valence-electron chi connectivity index (χ4n) is 14.9. The lowest BCUT2D eigenvalue weighted by Gasteiger charge is -2.53. The second kappa shape index (κ2) is 17.5. The minimum absolute atomic E-state index is 0.0347. The quantitative estimate of drug-likeness (QED) is 0.247. The van der Waals surface area contributed by atoms with E-state index in [1.807, 2.05) is 48.6 Å². The van der Waals surface area contributed by atoms with Crippen LogP contribution >= 0.6 is 0 Å². The molecule has 6 fully saturated rings. The van der Waals surface area contributed by atoms with Crippen LogP contribution in [0.2, 0.25) is 0 Å². The monoisotopic (exact) mass is 813 g/mol. The highest BCUT2D eigenvalue weighted by Gasteiger charge is 2.59. The molecule has 0 unspecified atom stereocenters. The normalized spacial score (nSPS) is 37.6. The molecule has 2 aromatic carbocycles. The Morgan fingerprint density at radius 3 is 1.35 bits per heavy atom. The van der Waals surface area contributed by atoms with Gasteiger partial charge in [-0.25, -0.2) is 0 Å². The number of carbonyl (C=O) groups excluding carboxylic acids is 4. The molecule has 8 aliphatic rings. The summed E-state index contributed by atoms with van der Waals surface area (Å²) in [6.45, 7) is 4.79. The molecule has 0 radical (unpaired) electrons. The Hall–Kier alpha value is -3.80. The van der Waals surface area contributed by atoms with E-state index in [1.54, 1.807) is 0 Å². The zero-order valence-electron chi connectivity index (χ0n) is 36.3. The Balaban J connectivity index is 0.000000154. The lowest BCUT2D eigenvalue weighted by Crippen LogP contribution is -2.48. The van der Waals surface area contributed by atoms with Crippen LogP contribution in [0.5, 0.6) is 0 Å². The number of rotatable bonds is 8. The average Bonchev–Trinajstić information content (AvgIpc) is 3.77. The minimum atomic E-state index is -0.0347. The van der Waals surface area contributed by atoms with Crippen molar-refractivity contribution in [1.82, 2.24) is 0 Å². The number of ketones is 2. The third-order valence-electron chi connectivity index (χ3n) is 17.9. The van der Waals surface area contributed by atoms with Gasteiger partial charge in [0.2, 0.25) is 0 Å². The Morgan fingerprint density at radius 1 is 0.517 bits per heavy atom. The van der Waals surface area contributed by atoms with Crippen LogP contribution in [0, 0.1) is 58.2 Å². The molecule has 6 saturated carbocycles. The van der Waals surface area contributed by atoms with Gasteiger partial charge in [0.15, 0.2) is 11.6 Å². The molecule has 0 aliphatic heterocycles. The number of fused-ring (bicyclic) bond motifs is 10. The van der Waals surface area contributed by atoms with Crippen LogP contribution in [0.4, 0.5) is 0 Å². The van der Waals surface area contributed by atoms with Gasteiger partial charge < -0.3 is 9.47 Å². The topological polar surface area (TPSA) is 86.7 Å². The third-order valence-corrected chi connectivity index (χ3v) is 17.9. The number of esters is 2. The lowest BCUT2D eigenvalue weighted by atomic mass is 9.52. The highest BCUT2D eigenvalue weighted by molar-refractivity contribution is 5.91. The van der Waals surface area contributed by atoms with Crippen molar-refractivity contribution in [3.8, 4) is 0 Å². The fraction of sp³-hybridized carbons (Fsp3) is 0.630. The van der Waals surface area contributed by atoms with Gasteiger partial charge in [0, 0.05) is 36.5 Å². The highest BCUT2D eigenvalue weighted by Crippen LogP contribution is 2.64. The first-order chi connectivity index (χ1) is 29.1. The number of carbonyl (C=O) groups is 4. The Bertz CT molecular complexity index is 1820. The van der Waals surface area contributed by atoms with Crippen LogP contribution in [0.25, 0.3) is 0 Å². The van der Waals surface area contributed by atoms with Gasteiger partial charge >= 0.3 is 11.9 Å². The van der Waals surface area contributed by atoms with E-state index >= 15 is 0 Å². The van der Waals surface area contributed by atoms with Crippen LogP contribution in [-0.2, 0) is 41.5 Å². The Morgan fingerprint density at radius 2 is 0.933 bits per heavy atom. The zero-order valence-corrected chi connectivity index (χ0v) is 36.3. The highest BCUT2D eigenvalue weighted by atomic mass is 16.5. The molecule has 6 heteroatoms. The molecule has 0 bridgehead atoms. The standard InChI is InChI=1S/2C27H34O3/c2*1-27-16-15-22-21-11-9-20(28)17-19(21)8-10-23(22)24(27)12-13-25(27)30-26(29)14-7-18-5-3-2-4-6-18/h2*2-6,17,21-25H,7-16H2,1H3/t2*21-,22+,23+,24-,25-,27-/m00/s1. The third kappa shape index (κ3) is 8.27. The molecule has 320 valence electrons. The summed E-state index contributed by atoms with van der Waals surface area (Å²) in [4.78, 5) is 49.0. The number of allylic oxidation sites excluding steroid dienone is 2. The van der Waals surface area contributed by atoms with Crippen molar-refractivity contribution in [2.45, 2.75) is 154 Å². The number of ether oxygens (including phenoxy) is 2. The number of hydrogen-bond donors (Lipinski definition) is 0. The van der Waals surface area contributed by atoms with E-state index in [-0.39, 0.29) is 35.0 Å². The minimum Gasteiger partial charge on any atom is -0.462 e. The van der Waals surface area contributed by atoms with E-state index in [1.165, 1.54) is 60.8 Å². The molecule has 2 aromatic rings. The van der Waals surface area contributed by atoms with Crippen LogP contribution in [-0.4, -0.2) is 35.7 Å². The molecule has 6 nitrogen and oxygen atoms in total. The van der Waals surface area contributed by atoms with E-state index in [0.717, 1.165) is 101 Å². The van der Waals surface area contributed by atoms with Gasteiger partial charge in [0.05, 0.1) is 0 Å². The van der Waals surface area contributed by atoms with E-state index in [2.05, 4.69) is 38.1 Å². The van der Waals surface area contributed by atoms with E-state index in [9.17, 15) is 19.2 Å². The van der Waals surface area contributed by atoms with Crippen molar-refractivity contribution in [3.63, 3.8) is 0 Å². The maximum atomic E-state index is 12.6. The largest absolute Gasteiger partial charge is 0.462 e. The first kappa shape index (κ1) is 41.5. The number of hydrogen-bond acceptors (Lipinski definition) is 6. The van der Waals surface area contributed by atoms with Gasteiger partial charge in [0.25, 0.3) is 0 Å². The van der Waals surface area contributed by atoms with Crippen molar-refractivity contribution in [2.24, 2.45) is 58.2 Å². The predicted octanol–water partition coefficient (Wildman–Crippen LogP) is 11.3. The van der Waals surface area contributed by atoms with Crippen molar-refractivity contribution >= 4 is 23.5 Å². The van der Waals surface area contributed by atoms with Gasteiger partial charge in [-0.3, -0.25) is 19.2 Å². The molecule has 0 aromatic heterocycles. The van der Waals surface area contributed by atoms with Crippen LogP contribution in [0.1, 0.15) is 141 Å². The molecule has 0 N–H and O–H groups in total. The molecule has 0 saturated heterocycles. The summed E-state index contributed by atoms with van der Waals surface area (Å²) in [5.41, 5.74) is 5.55. The maximum Gasteiger partial charge on any atom is 0.306 e. The molecule has 12 atom stereocenters. The van der Waals surface area contributed by atoms with Crippen LogP contribution in [0.3, 0.4) is 0 Å². The Labute approximate surface area is 358 Å². The van der Waals surface area contributed by atoms with Gasteiger partial charge in [-0.15, -0.1) is 0 Å². The molecule has 10 rings (SSSR count). The lowest BCUT2D eigenvalue weighted by molar-refractivity contribution is -0.159. The fourth-order valence-corrected chi connectivity index (χ4v) is 14.9. The summed E-state index contributed by atoms with van der Waals surface area (Å²) in [6.07, 6.45) is 24.0. The average molecular weight is 813 g/mol. The predicted molar refractivity (Wildman–Crippen MR) is 233 cm³/mol. The van der Waals surface area contributed by atoms with Crippen LogP contribution in [0.15, 0.2) is 84.0 Å². The summed E-state index contributed by atoms with van der Waals surface area (Å²) in [5, 5.41) is 0. The summed E-state index contributed by atoms with van der Waals surface area (Å²) in [5.74, 6) is 6.18. The van der Waals surface area contributed by atoms with Crippen LogP contribution < -0.4 is 0 Å². The SMILES string of the molecule is C[C@]12CC[C@H]3[C@@H](CCC4=CC(=O)CC[C@@H]43)[C@@H]1CC[C@@H]2OC(=O)CCc1ccccc1.C[C@]12CC[C@H]3[C@@H](CCC4=CC(=O)CC[C@@H]43)[C@@H]1CC[C@@H]2OC(=O)CCc1ccccc1. The van der Waals surface area contributed by atoms with E-state index < -0.39 is 0 Å². The smallest absolute Gasteiger partial charge is 0.306 e. The first-order valence-electron chi connectivity index (χ1n) is 24.0. The second-order valence-corrected chi connectivity index (χ2v) is 20.8. The van der Waals surface area contributed by atoms with Crippen molar-refractivity contribution in [2.75, 3.05) is 0 Å². The van der Waals surface area contributed by atoms with Crippen molar-refractivity contribution in [3.05, 3.63) is 95.1 Å². The Kier molecular flexibility index (Phi) is 12.1. The summed E-state index contributed by atoms with van der Waals surface area (Å²) >= 11 is 0. The van der Waals surface area contributed by atoms with E-state index in [0.29, 0.717) is 48.1 Å². The van der Waals surface area contributed by atoms with Gasteiger partial charge in [0.1, 0.15) is 12.2 Å². The first-order valence-corrected chi connectivity index (χ1v) is 24.0. The summed E-state index contributed by atoms with van der Waals surface area (Å²) < 4.78 is 12.2. The summed E-state index contributed by atoms with van der Waals surface area (Å²) in [7, 11) is 0. The van der Waals surface area contributed by atoms with Crippen molar-refractivity contribution in [1.29, 1.82) is 0 Å². The maximum absolute atomic E-state index is 12.6. The molecule has 60 heavy (non-hydrogen) atoms. The molecule has 0 spiro atoms. The molecule has 0 heterocycles. The molecule has 8 aliphatic carbocycles. The number of aryl methyl sites for hydroxylation is 2. The van der Waals surface area contributed by atoms with E-state index in [4.69, 9.17) is 9.47 Å². The molecular formula is C54H68O6. The second-order valence-electron chi connectivity index (χ2n) is 20.8. The summed E-state index contributed by atoms with van der Waals surface area (Å²) in [6, 6.07) is 20.4. The molecular weight excluding hydrogens is 745 g/mol. The van der Waals surface area contributed by atoms with Gasteiger partial charge in [-0.05, 0) is 173 Å². The zero-order chi connectivity index (χ0) is 41.4. The van der Waals surface area contributed by atoms with Gasteiger partial charge in [-0.2, -0.15) is 0 Å². The van der Waals surface area contributed by atoms with Gasteiger partial charge in [-0.1, -0.05) is 85.7 Å². The molecule has 0 amide bonds. The number of benzene rings is 2. The van der Waals surface area contributed by atoms with Crippen molar-refractivity contribution < 1.29 is 28.7 Å².